The molecule has 0 atom stereocenters. The highest BCUT2D eigenvalue weighted by atomic mass is 19.2. The van der Waals surface area contributed by atoms with E-state index in [1.54, 1.807) is 0 Å². The largest absolute Gasteiger partial charge is 0.496 e. The molecular weight excluding hydrogens is 210 g/mol. The van der Waals surface area contributed by atoms with Crippen molar-refractivity contribution >= 4 is 0 Å². The molecule has 0 aliphatic rings. The molecule has 1 aromatic carbocycles. The molecule has 0 aliphatic heterocycles. The molecule has 0 fully saturated rings. The molecule has 0 saturated heterocycles. The molecule has 0 aliphatic carbocycles. The fourth-order valence-electron chi connectivity index (χ4n) is 1.03. The van der Waals surface area contributed by atoms with Gasteiger partial charge in [-0.15, -0.1) is 0 Å². The summed E-state index contributed by atoms with van der Waals surface area (Å²) in [6.45, 7) is 11.0. The van der Waals surface area contributed by atoms with Gasteiger partial charge in [-0.1, -0.05) is 27.7 Å². The summed E-state index contributed by atoms with van der Waals surface area (Å²) in [7, 11) is 1.43. The normalized spacial score (nSPS) is 8.31. The maximum absolute atomic E-state index is 13.0. The Morgan fingerprint density at radius 3 is 1.75 bits per heavy atom. The van der Waals surface area contributed by atoms with Crippen LogP contribution in [0.3, 0.4) is 0 Å². The lowest BCUT2D eigenvalue weighted by molar-refractivity contribution is 0.400. The minimum Gasteiger partial charge on any atom is -0.496 e. The lowest BCUT2D eigenvalue weighted by atomic mass is 10.1. The van der Waals surface area contributed by atoms with Gasteiger partial charge in [-0.25, -0.2) is 8.78 Å². The van der Waals surface area contributed by atoms with Crippen molar-refractivity contribution in [2.45, 2.75) is 41.5 Å². The Bertz CT molecular complexity index is 309. The van der Waals surface area contributed by atoms with Crippen molar-refractivity contribution in [2.24, 2.45) is 0 Å². The number of ether oxygens (including phenoxy) is 1. The molecule has 0 bridgehead atoms. The fraction of sp³-hybridized carbons (Fsp3) is 0.538. The van der Waals surface area contributed by atoms with Gasteiger partial charge in [0.15, 0.2) is 11.6 Å². The molecule has 0 heterocycles. The minimum atomic E-state index is -0.827. The molecule has 0 spiro atoms. The maximum atomic E-state index is 13.0. The highest BCUT2D eigenvalue weighted by Crippen LogP contribution is 2.25. The molecular formula is C13H22F2O. The Hall–Kier alpha value is -1.12. The molecule has 0 saturated carbocycles. The van der Waals surface area contributed by atoms with E-state index in [0.29, 0.717) is 5.75 Å². The van der Waals surface area contributed by atoms with Gasteiger partial charge < -0.3 is 4.74 Å². The van der Waals surface area contributed by atoms with Gasteiger partial charge in [-0.3, -0.25) is 0 Å². The van der Waals surface area contributed by atoms with E-state index in [9.17, 15) is 8.78 Å². The van der Waals surface area contributed by atoms with Crippen LogP contribution in [0, 0.1) is 25.5 Å². The second kappa shape index (κ2) is 9.13. The van der Waals surface area contributed by atoms with Gasteiger partial charge in [0.1, 0.15) is 5.75 Å². The number of rotatable bonds is 1. The zero-order chi connectivity index (χ0) is 13.3. The SMILES string of the molecule is CC.CC.COc1cc(C)c(F)c(F)c1C. The Morgan fingerprint density at radius 1 is 0.938 bits per heavy atom. The molecule has 0 unspecified atom stereocenters. The molecule has 0 radical (unpaired) electrons. The highest BCUT2D eigenvalue weighted by molar-refractivity contribution is 5.38. The molecule has 1 rings (SSSR count). The number of halogens is 2. The summed E-state index contributed by atoms with van der Waals surface area (Å²) in [6.07, 6.45) is 0. The second-order valence-electron chi connectivity index (χ2n) is 2.65. The van der Waals surface area contributed by atoms with Gasteiger partial charge >= 0.3 is 0 Å². The van der Waals surface area contributed by atoms with Crippen LogP contribution in [-0.4, -0.2) is 7.11 Å². The van der Waals surface area contributed by atoms with Gasteiger partial charge in [0.05, 0.1) is 7.11 Å². The molecule has 0 amide bonds. The Kier molecular flexibility index (Phi) is 9.86. The zero-order valence-corrected chi connectivity index (χ0v) is 11.2. The van der Waals surface area contributed by atoms with Gasteiger partial charge in [0.25, 0.3) is 0 Å². The summed E-state index contributed by atoms with van der Waals surface area (Å²) in [5, 5.41) is 0. The minimum absolute atomic E-state index is 0.209. The van der Waals surface area contributed by atoms with Crippen molar-refractivity contribution in [1.82, 2.24) is 0 Å². The first kappa shape index (κ1) is 17.3. The van der Waals surface area contributed by atoms with E-state index in [1.807, 2.05) is 27.7 Å². The number of hydrogen-bond donors (Lipinski definition) is 0. The monoisotopic (exact) mass is 232 g/mol. The number of hydrogen-bond acceptors (Lipinski definition) is 1. The van der Waals surface area contributed by atoms with Crippen LogP contribution in [0.5, 0.6) is 5.75 Å². The average molecular weight is 232 g/mol. The van der Waals surface area contributed by atoms with Crippen LogP contribution in [0.1, 0.15) is 38.8 Å². The van der Waals surface area contributed by atoms with Gasteiger partial charge in [0, 0.05) is 5.56 Å². The summed E-state index contributed by atoms with van der Waals surface area (Å²) in [4.78, 5) is 0. The van der Waals surface area contributed by atoms with Crippen molar-refractivity contribution in [2.75, 3.05) is 7.11 Å². The van der Waals surface area contributed by atoms with Crippen molar-refractivity contribution in [3.8, 4) is 5.75 Å². The van der Waals surface area contributed by atoms with Crippen LogP contribution >= 0.6 is 0 Å². The Balaban J connectivity index is 0. The second-order valence-corrected chi connectivity index (χ2v) is 2.65. The van der Waals surface area contributed by atoms with Gasteiger partial charge in [-0.05, 0) is 25.5 Å². The van der Waals surface area contributed by atoms with E-state index >= 15 is 0 Å². The van der Waals surface area contributed by atoms with Crippen LogP contribution in [-0.2, 0) is 0 Å². The van der Waals surface area contributed by atoms with Crippen LogP contribution in [0.15, 0.2) is 6.07 Å². The van der Waals surface area contributed by atoms with Crippen LogP contribution < -0.4 is 4.74 Å². The predicted molar refractivity (Wildman–Crippen MR) is 65.1 cm³/mol. The van der Waals surface area contributed by atoms with E-state index in [1.165, 1.54) is 27.0 Å². The average Bonchev–Trinajstić information content (AvgIpc) is 2.36. The third kappa shape index (κ3) is 4.17. The smallest absolute Gasteiger partial charge is 0.165 e. The predicted octanol–water partition coefficient (Wildman–Crippen LogP) is 4.64. The van der Waals surface area contributed by atoms with Gasteiger partial charge in [-0.2, -0.15) is 0 Å². The van der Waals surface area contributed by atoms with E-state index in [-0.39, 0.29) is 11.1 Å². The zero-order valence-electron chi connectivity index (χ0n) is 11.2. The molecule has 94 valence electrons. The van der Waals surface area contributed by atoms with E-state index in [2.05, 4.69) is 0 Å². The summed E-state index contributed by atoms with van der Waals surface area (Å²) in [6, 6.07) is 1.48. The van der Waals surface area contributed by atoms with E-state index in [4.69, 9.17) is 4.74 Å². The molecule has 1 nitrogen and oxygen atoms in total. The first-order chi connectivity index (χ1) is 7.57. The van der Waals surface area contributed by atoms with E-state index < -0.39 is 11.6 Å². The fourth-order valence-corrected chi connectivity index (χ4v) is 1.03. The van der Waals surface area contributed by atoms with Crippen LogP contribution in [0.25, 0.3) is 0 Å². The summed E-state index contributed by atoms with van der Waals surface area (Å²) in [5.41, 5.74) is 0.468. The van der Waals surface area contributed by atoms with Crippen molar-refractivity contribution in [1.29, 1.82) is 0 Å². The third-order valence-electron chi connectivity index (χ3n) is 1.81. The maximum Gasteiger partial charge on any atom is 0.165 e. The Morgan fingerprint density at radius 2 is 1.38 bits per heavy atom. The summed E-state index contributed by atoms with van der Waals surface area (Å²) < 4.78 is 30.7. The molecule has 3 heteroatoms. The Labute approximate surface area is 97.4 Å². The lowest BCUT2D eigenvalue weighted by Gasteiger charge is -2.07. The van der Waals surface area contributed by atoms with Crippen LogP contribution in [0.2, 0.25) is 0 Å². The summed E-state index contributed by atoms with van der Waals surface area (Å²) in [5.74, 6) is -1.24. The molecule has 1 aromatic rings. The third-order valence-corrected chi connectivity index (χ3v) is 1.81. The van der Waals surface area contributed by atoms with E-state index in [0.717, 1.165) is 0 Å². The quantitative estimate of drug-likeness (QED) is 0.685. The summed E-state index contributed by atoms with van der Waals surface area (Å²) >= 11 is 0. The van der Waals surface area contributed by atoms with Crippen LogP contribution in [0.4, 0.5) is 8.78 Å². The molecule has 0 aromatic heterocycles. The number of aryl methyl sites for hydroxylation is 1. The van der Waals surface area contributed by atoms with Crippen molar-refractivity contribution in [3.05, 3.63) is 28.8 Å². The first-order valence-corrected chi connectivity index (χ1v) is 5.57. The van der Waals surface area contributed by atoms with Crippen molar-refractivity contribution < 1.29 is 13.5 Å². The topological polar surface area (TPSA) is 9.23 Å². The highest BCUT2D eigenvalue weighted by Gasteiger charge is 2.12. The standard InChI is InChI=1S/C9H10F2O.2C2H6/c1-5-4-7(12-3)6(2)9(11)8(5)10;2*1-2/h4H,1-3H3;2*1-2H3. The molecule has 16 heavy (non-hydrogen) atoms. The molecule has 0 N–H and O–H groups in total. The lowest BCUT2D eigenvalue weighted by Crippen LogP contribution is -1.97. The van der Waals surface area contributed by atoms with Gasteiger partial charge in [0.2, 0.25) is 0 Å². The van der Waals surface area contributed by atoms with Crippen molar-refractivity contribution in [3.63, 3.8) is 0 Å². The first-order valence-electron chi connectivity index (χ1n) is 5.57. The number of benzene rings is 1. The number of methoxy groups -OCH3 is 1.